The van der Waals surface area contributed by atoms with Crippen LogP contribution in [-0.4, -0.2) is 48.9 Å². The molecular formula is C31H32FN3O6. The molecule has 3 aromatic carbocycles. The molecule has 1 aliphatic rings. The number of halogens is 1. The van der Waals surface area contributed by atoms with E-state index >= 15 is 0 Å². The third-order valence-electron chi connectivity index (χ3n) is 7.19. The van der Waals surface area contributed by atoms with E-state index in [2.05, 4.69) is 10.3 Å². The molecule has 0 radical (unpaired) electrons. The van der Waals surface area contributed by atoms with Crippen molar-refractivity contribution >= 4 is 5.97 Å². The lowest BCUT2D eigenvalue weighted by Crippen LogP contribution is -2.20. The van der Waals surface area contributed by atoms with E-state index < -0.39 is 0 Å². The minimum absolute atomic E-state index is 0.0227. The minimum Gasteiger partial charge on any atom is -0.493 e. The summed E-state index contributed by atoms with van der Waals surface area (Å²) in [6.07, 6.45) is 2.90. The predicted molar refractivity (Wildman–Crippen MR) is 148 cm³/mol. The van der Waals surface area contributed by atoms with Crippen LogP contribution in [0.5, 0.6) is 23.0 Å². The number of ether oxygens (including phenoxy) is 5. The van der Waals surface area contributed by atoms with Crippen LogP contribution in [0.15, 0.2) is 66.9 Å². The molecule has 1 aromatic heterocycles. The molecule has 214 valence electrons. The number of aromatic nitrogens is 3. The second-order valence-corrected chi connectivity index (χ2v) is 9.87. The number of hydrogen-bond donors (Lipinski definition) is 0. The van der Waals surface area contributed by atoms with Gasteiger partial charge in [0.05, 0.1) is 46.6 Å². The van der Waals surface area contributed by atoms with Crippen LogP contribution in [0.1, 0.15) is 22.4 Å². The van der Waals surface area contributed by atoms with E-state index in [0.29, 0.717) is 53.7 Å². The van der Waals surface area contributed by atoms with Crippen LogP contribution < -0.4 is 18.9 Å². The molecule has 0 saturated carbocycles. The maximum Gasteiger partial charge on any atom is 0.309 e. The Labute approximate surface area is 237 Å². The molecule has 9 nitrogen and oxygen atoms in total. The van der Waals surface area contributed by atoms with E-state index in [0.717, 1.165) is 11.1 Å². The molecule has 2 atom stereocenters. The fraction of sp³-hybridized carbons (Fsp3) is 0.323. The molecule has 1 aliphatic heterocycles. The second kappa shape index (κ2) is 12.7. The van der Waals surface area contributed by atoms with Gasteiger partial charge in [-0.2, -0.15) is 0 Å². The molecule has 0 N–H and O–H groups in total. The Morgan fingerprint density at radius 2 is 1.59 bits per heavy atom. The van der Waals surface area contributed by atoms with Crippen LogP contribution >= 0.6 is 0 Å². The molecule has 0 bridgehead atoms. The number of methoxy groups -OCH3 is 3. The van der Waals surface area contributed by atoms with Gasteiger partial charge in [0, 0.05) is 11.5 Å². The predicted octanol–water partition coefficient (Wildman–Crippen LogP) is 4.64. The van der Waals surface area contributed by atoms with E-state index in [4.69, 9.17) is 23.7 Å². The number of carbonyl (C=O) groups is 1. The maximum absolute atomic E-state index is 14.0. The standard InChI is InChI=1S/C31H32FN3O6/c1-37-27-10-8-20(14-29(27)38-2)12-23-18-41-31(36)25(23)13-21-9-11-28(30(15-21)39-3)40-19-24-17-35(34-33-24)16-22-6-4-5-7-26(22)32/h4-11,14-15,17,23,25H,12-13,16,18-19H2,1-3H3/t23-,25+/m0/s1. The first kappa shape index (κ1) is 27.9. The minimum atomic E-state index is -0.288. The van der Waals surface area contributed by atoms with Gasteiger partial charge in [-0.25, -0.2) is 9.07 Å². The van der Waals surface area contributed by atoms with Crippen LogP contribution in [-0.2, 0) is 35.5 Å². The molecule has 2 heterocycles. The van der Waals surface area contributed by atoms with E-state index in [1.807, 2.05) is 36.4 Å². The Hall–Kier alpha value is -4.60. The van der Waals surface area contributed by atoms with Crippen molar-refractivity contribution in [3.05, 3.63) is 95.1 Å². The Morgan fingerprint density at radius 1 is 0.902 bits per heavy atom. The molecule has 1 saturated heterocycles. The van der Waals surface area contributed by atoms with E-state index in [-0.39, 0.29) is 36.8 Å². The first-order chi connectivity index (χ1) is 20.0. The lowest BCUT2D eigenvalue weighted by Gasteiger charge is -2.17. The van der Waals surface area contributed by atoms with Gasteiger partial charge >= 0.3 is 5.97 Å². The van der Waals surface area contributed by atoms with E-state index in [1.165, 1.54) is 6.07 Å². The van der Waals surface area contributed by atoms with Gasteiger partial charge in [-0.15, -0.1) is 5.10 Å². The van der Waals surface area contributed by atoms with Gasteiger partial charge in [0.15, 0.2) is 23.0 Å². The Morgan fingerprint density at radius 3 is 2.32 bits per heavy atom. The summed E-state index contributed by atoms with van der Waals surface area (Å²) in [6, 6.07) is 18.0. The van der Waals surface area contributed by atoms with Crippen molar-refractivity contribution in [3.8, 4) is 23.0 Å². The number of cyclic esters (lactones) is 1. The zero-order chi connectivity index (χ0) is 28.8. The van der Waals surface area contributed by atoms with Crippen LogP contribution in [0.2, 0.25) is 0 Å². The van der Waals surface area contributed by atoms with Gasteiger partial charge in [-0.05, 0) is 54.3 Å². The van der Waals surface area contributed by atoms with Gasteiger partial charge in [0.25, 0.3) is 0 Å². The molecule has 10 heteroatoms. The van der Waals surface area contributed by atoms with Gasteiger partial charge in [0.1, 0.15) is 18.1 Å². The molecule has 0 aliphatic carbocycles. The molecule has 4 aromatic rings. The fourth-order valence-electron chi connectivity index (χ4n) is 5.01. The highest BCUT2D eigenvalue weighted by Gasteiger charge is 2.37. The third kappa shape index (κ3) is 6.59. The largest absolute Gasteiger partial charge is 0.493 e. The van der Waals surface area contributed by atoms with Crippen molar-refractivity contribution in [2.45, 2.75) is 26.0 Å². The number of esters is 1. The summed E-state index contributed by atoms with van der Waals surface area (Å²) in [4.78, 5) is 12.7. The van der Waals surface area contributed by atoms with E-state index in [1.54, 1.807) is 50.4 Å². The normalized spacial score (nSPS) is 16.3. The number of carbonyl (C=O) groups excluding carboxylic acids is 1. The highest BCUT2D eigenvalue weighted by Crippen LogP contribution is 2.35. The van der Waals surface area contributed by atoms with Crippen molar-refractivity contribution in [2.24, 2.45) is 11.8 Å². The molecule has 5 rings (SSSR count). The van der Waals surface area contributed by atoms with Gasteiger partial charge in [-0.1, -0.05) is 35.5 Å². The number of nitrogens with zero attached hydrogens (tertiary/aromatic N) is 3. The lowest BCUT2D eigenvalue weighted by molar-refractivity contribution is -0.141. The first-order valence-corrected chi connectivity index (χ1v) is 13.3. The van der Waals surface area contributed by atoms with Gasteiger partial charge in [0.2, 0.25) is 0 Å². The van der Waals surface area contributed by atoms with Crippen LogP contribution in [0, 0.1) is 17.7 Å². The fourth-order valence-corrected chi connectivity index (χ4v) is 5.01. The highest BCUT2D eigenvalue weighted by atomic mass is 19.1. The third-order valence-corrected chi connectivity index (χ3v) is 7.19. The molecule has 0 unspecified atom stereocenters. The molecule has 0 spiro atoms. The summed E-state index contributed by atoms with van der Waals surface area (Å²) in [5, 5.41) is 8.20. The monoisotopic (exact) mass is 561 g/mol. The van der Waals surface area contributed by atoms with Crippen molar-refractivity contribution in [1.29, 1.82) is 0 Å². The summed E-state index contributed by atoms with van der Waals surface area (Å²) in [6.45, 7) is 0.803. The summed E-state index contributed by atoms with van der Waals surface area (Å²) in [7, 11) is 4.77. The molecule has 1 fully saturated rings. The quantitative estimate of drug-likeness (QED) is 0.231. The Balaban J connectivity index is 1.22. The summed E-state index contributed by atoms with van der Waals surface area (Å²) in [5.41, 5.74) is 3.10. The van der Waals surface area contributed by atoms with Crippen LogP contribution in [0.4, 0.5) is 4.39 Å². The number of hydrogen-bond acceptors (Lipinski definition) is 8. The van der Waals surface area contributed by atoms with Gasteiger partial charge < -0.3 is 23.7 Å². The SMILES string of the molecule is COc1ccc(C[C@H]2COC(=O)[C@@H]2Cc2ccc(OCc3cn(Cc4ccccc4F)nn3)c(OC)c2)cc1OC. The topological polar surface area (TPSA) is 93.9 Å². The number of benzene rings is 3. The molecule has 0 amide bonds. The lowest BCUT2D eigenvalue weighted by atomic mass is 9.85. The van der Waals surface area contributed by atoms with Gasteiger partial charge in [-0.3, -0.25) is 4.79 Å². The summed E-state index contributed by atoms with van der Waals surface area (Å²) >= 11 is 0. The Kier molecular flexibility index (Phi) is 8.67. The summed E-state index contributed by atoms with van der Waals surface area (Å²) in [5.74, 6) is 1.64. The Bertz CT molecular complexity index is 1510. The van der Waals surface area contributed by atoms with Crippen molar-refractivity contribution < 1.29 is 32.9 Å². The highest BCUT2D eigenvalue weighted by molar-refractivity contribution is 5.75. The molecular weight excluding hydrogens is 529 g/mol. The van der Waals surface area contributed by atoms with Crippen molar-refractivity contribution in [3.63, 3.8) is 0 Å². The first-order valence-electron chi connectivity index (χ1n) is 13.3. The number of rotatable bonds is 12. The van der Waals surface area contributed by atoms with Crippen LogP contribution in [0.25, 0.3) is 0 Å². The molecule has 41 heavy (non-hydrogen) atoms. The second-order valence-electron chi connectivity index (χ2n) is 9.87. The van der Waals surface area contributed by atoms with Crippen molar-refractivity contribution in [1.82, 2.24) is 15.0 Å². The van der Waals surface area contributed by atoms with Crippen LogP contribution in [0.3, 0.4) is 0 Å². The zero-order valence-corrected chi connectivity index (χ0v) is 23.2. The van der Waals surface area contributed by atoms with Crippen molar-refractivity contribution in [2.75, 3.05) is 27.9 Å². The maximum atomic E-state index is 14.0. The summed E-state index contributed by atoms with van der Waals surface area (Å²) < 4.78 is 43.3. The van der Waals surface area contributed by atoms with E-state index in [9.17, 15) is 9.18 Å². The smallest absolute Gasteiger partial charge is 0.309 e. The zero-order valence-electron chi connectivity index (χ0n) is 23.2. The average Bonchev–Trinajstić information content (AvgIpc) is 3.59. The average molecular weight is 562 g/mol.